The molecule has 1 aromatic heterocycles. The zero-order valence-electron chi connectivity index (χ0n) is 16.5. The summed E-state index contributed by atoms with van der Waals surface area (Å²) in [5.74, 6) is 0.741. The van der Waals surface area contributed by atoms with E-state index in [1.165, 1.54) is 5.56 Å². The van der Waals surface area contributed by atoms with Crippen LogP contribution >= 0.6 is 0 Å². The van der Waals surface area contributed by atoms with Crippen LogP contribution < -0.4 is 5.56 Å². The van der Waals surface area contributed by atoms with Gasteiger partial charge in [0.15, 0.2) is 0 Å². The Hall–Kier alpha value is -3.15. The lowest BCUT2D eigenvalue weighted by Gasteiger charge is -2.59. The van der Waals surface area contributed by atoms with Gasteiger partial charge in [-0.1, -0.05) is 42.5 Å². The van der Waals surface area contributed by atoms with Crippen LogP contribution in [-0.4, -0.2) is 26.3 Å². The van der Waals surface area contributed by atoms with Crippen molar-refractivity contribution in [3.63, 3.8) is 0 Å². The fourth-order valence-electron chi connectivity index (χ4n) is 6.35. The van der Waals surface area contributed by atoms with Crippen LogP contribution in [-0.2, 0) is 6.54 Å². The fraction of sp³-hybridized carbons (Fsp3) is 0.375. The first-order valence-corrected chi connectivity index (χ1v) is 10.6. The predicted molar refractivity (Wildman–Crippen MR) is 112 cm³/mol. The summed E-state index contributed by atoms with van der Waals surface area (Å²) < 4.78 is 0. The number of carbonyl (C=O) groups is 1. The predicted octanol–water partition coefficient (Wildman–Crippen LogP) is 4.43. The lowest BCUT2D eigenvalue weighted by molar-refractivity contribution is -0.0717. The molecule has 30 heavy (non-hydrogen) atoms. The van der Waals surface area contributed by atoms with E-state index in [1.807, 2.05) is 42.5 Å². The molecule has 152 valence electrons. The molecule has 6 heteroatoms. The van der Waals surface area contributed by atoms with Gasteiger partial charge in [0, 0.05) is 17.8 Å². The summed E-state index contributed by atoms with van der Waals surface area (Å²) in [6, 6.07) is 15.8. The number of carboxylic acid groups (broad SMARTS) is 1. The van der Waals surface area contributed by atoms with E-state index in [1.54, 1.807) is 4.90 Å². The van der Waals surface area contributed by atoms with Gasteiger partial charge in [0.25, 0.3) is 5.56 Å². The summed E-state index contributed by atoms with van der Waals surface area (Å²) in [6.07, 6.45) is 3.43. The maximum Gasteiger partial charge on any atom is 0.408 e. The minimum atomic E-state index is -0.826. The van der Waals surface area contributed by atoms with Crippen molar-refractivity contribution in [1.29, 1.82) is 0 Å². The number of aromatic amines is 1. The van der Waals surface area contributed by atoms with Crippen molar-refractivity contribution in [2.45, 2.75) is 44.2 Å². The summed E-state index contributed by atoms with van der Waals surface area (Å²) in [7, 11) is 0. The van der Waals surface area contributed by atoms with Gasteiger partial charge in [0.05, 0.1) is 17.1 Å². The Morgan fingerprint density at radius 1 is 1.03 bits per heavy atom. The van der Waals surface area contributed by atoms with E-state index in [-0.39, 0.29) is 11.6 Å². The van der Waals surface area contributed by atoms with Crippen molar-refractivity contribution in [3.8, 4) is 0 Å². The van der Waals surface area contributed by atoms with Gasteiger partial charge in [0.1, 0.15) is 0 Å². The fourth-order valence-corrected chi connectivity index (χ4v) is 6.35. The molecule has 2 aliphatic carbocycles. The number of hydrogen-bond donors (Lipinski definition) is 2. The van der Waals surface area contributed by atoms with Crippen LogP contribution in [0.25, 0.3) is 10.8 Å². The molecule has 6 nitrogen and oxygen atoms in total. The van der Waals surface area contributed by atoms with Crippen molar-refractivity contribution in [2.24, 2.45) is 11.3 Å². The van der Waals surface area contributed by atoms with E-state index >= 15 is 0 Å². The van der Waals surface area contributed by atoms with Crippen LogP contribution in [0, 0.1) is 11.3 Å². The third-order valence-electron chi connectivity index (χ3n) is 7.60. The van der Waals surface area contributed by atoms with Crippen LogP contribution in [0.3, 0.4) is 0 Å². The molecule has 1 aliphatic heterocycles. The Bertz CT molecular complexity index is 1220. The van der Waals surface area contributed by atoms with Crippen molar-refractivity contribution >= 4 is 16.9 Å². The number of nitrogens with one attached hydrogen (secondary N) is 1. The quantitative estimate of drug-likeness (QED) is 0.665. The van der Waals surface area contributed by atoms with Gasteiger partial charge < -0.3 is 5.11 Å². The number of fused-ring (bicyclic) bond motifs is 2. The number of amides is 1. The average Bonchev–Trinajstić information content (AvgIpc) is 3.07. The van der Waals surface area contributed by atoms with Gasteiger partial charge in [-0.05, 0) is 54.2 Å². The van der Waals surface area contributed by atoms with Gasteiger partial charge in [-0.3, -0.25) is 9.69 Å². The summed E-state index contributed by atoms with van der Waals surface area (Å²) in [6.45, 7) is 0.496. The molecule has 2 fully saturated rings. The van der Waals surface area contributed by atoms with E-state index in [0.29, 0.717) is 29.2 Å². The average molecular weight is 401 g/mol. The van der Waals surface area contributed by atoms with Crippen LogP contribution in [0.4, 0.5) is 4.79 Å². The molecule has 2 aromatic carbocycles. The molecule has 2 heterocycles. The number of nitrogens with zero attached hydrogens (tertiary/aromatic N) is 2. The summed E-state index contributed by atoms with van der Waals surface area (Å²) in [5, 5.41) is 18.4. The first-order chi connectivity index (χ1) is 14.5. The Morgan fingerprint density at radius 3 is 2.50 bits per heavy atom. The number of hydrogen-bond acceptors (Lipinski definition) is 3. The van der Waals surface area contributed by atoms with E-state index < -0.39 is 6.09 Å². The second-order valence-electron chi connectivity index (χ2n) is 9.31. The highest BCUT2D eigenvalue weighted by atomic mass is 16.4. The largest absolute Gasteiger partial charge is 0.465 e. The summed E-state index contributed by atoms with van der Waals surface area (Å²) in [5.41, 5.74) is 3.49. The van der Waals surface area contributed by atoms with Gasteiger partial charge in [-0.25, -0.2) is 9.89 Å². The molecule has 0 radical (unpaired) electrons. The molecule has 1 atom stereocenters. The second kappa shape index (κ2) is 6.17. The van der Waals surface area contributed by atoms with Gasteiger partial charge in [-0.2, -0.15) is 5.10 Å². The summed E-state index contributed by atoms with van der Waals surface area (Å²) >= 11 is 0. The van der Waals surface area contributed by atoms with Crippen molar-refractivity contribution in [3.05, 3.63) is 75.7 Å². The molecule has 1 spiro atoms. The number of rotatable bonds is 2. The Balaban J connectivity index is 1.21. The molecular formula is C24H23N3O3. The first-order valence-electron chi connectivity index (χ1n) is 10.6. The number of aromatic nitrogens is 2. The first kappa shape index (κ1) is 17.7. The standard InChI is InChI=1S/C24H23N3O3/c28-22-19-8-4-3-7-18(19)20(25-26-22)15-9-24(10-15)11-16(12-24)21-17-6-2-1-5-14(17)13-27(21)23(29)30/h1-8,15-16,21H,9-13H2,(H,26,28)(H,29,30). The molecule has 0 saturated heterocycles. The highest BCUT2D eigenvalue weighted by molar-refractivity contribution is 5.84. The highest BCUT2D eigenvalue weighted by Crippen LogP contribution is 2.67. The van der Waals surface area contributed by atoms with Crippen molar-refractivity contribution in [1.82, 2.24) is 15.1 Å². The van der Waals surface area contributed by atoms with Gasteiger partial charge >= 0.3 is 6.09 Å². The third-order valence-corrected chi connectivity index (χ3v) is 7.60. The van der Waals surface area contributed by atoms with Crippen LogP contribution in [0.1, 0.15) is 54.5 Å². The van der Waals surface area contributed by atoms with E-state index in [9.17, 15) is 14.7 Å². The maximum atomic E-state index is 12.1. The lowest BCUT2D eigenvalue weighted by Crippen LogP contribution is -2.50. The van der Waals surface area contributed by atoms with Crippen LogP contribution in [0.15, 0.2) is 53.3 Å². The molecule has 0 bridgehead atoms. The van der Waals surface area contributed by atoms with E-state index in [2.05, 4.69) is 16.3 Å². The Morgan fingerprint density at radius 2 is 1.73 bits per heavy atom. The summed E-state index contributed by atoms with van der Waals surface area (Å²) in [4.78, 5) is 25.5. The lowest BCUT2D eigenvalue weighted by atomic mass is 9.46. The Labute approximate surface area is 173 Å². The minimum absolute atomic E-state index is 0.0181. The highest BCUT2D eigenvalue weighted by Gasteiger charge is 2.57. The van der Waals surface area contributed by atoms with E-state index in [4.69, 9.17) is 0 Å². The SMILES string of the molecule is O=C(O)N1Cc2ccccc2C1C1CC2(CC(c3n[nH]c(=O)c4ccccc34)C2)C1. The van der Waals surface area contributed by atoms with Crippen molar-refractivity contribution in [2.75, 3.05) is 0 Å². The molecule has 3 aromatic rings. The van der Waals surface area contributed by atoms with Crippen molar-refractivity contribution < 1.29 is 9.90 Å². The van der Waals surface area contributed by atoms with E-state index in [0.717, 1.165) is 42.3 Å². The zero-order chi connectivity index (χ0) is 20.5. The topological polar surface area (TPSA) is 86.3 Å². The second-order valence-corrected chi connectivity index (χ2v) is 9.31. The van der Waals surface area contributed by atoms with Crippen LogP contribution in [0.2, 0.25) is 0 Å². The van der Waals surface area contributed by atoms with Gasteiger partial charge in [-0.15, -0.1) is 0 Å². The molecule has 6 rings (SSSR count). The smallest absolute Gasteiger partial charge is 0.408 e. The molecule has 3 aliphatic rings. The number of H-pyrrole nitrogens is 1. The number of benzene rings is 2. The third kappa shape index (κ3) is 2.46. The molecule has 2 N–H and O–H groups in total. The Kier molecular flexibility index (Phi) is 3.64. The van der Waals surface area contributed by atoms with Gasteiger partial charge in [0.2, 0.25) is 0 Å². The monoisotopic (exact) mass is 401 g/mol. The normalized spacial score (nSPS) is 29.5. The maximum absolute atomic E-state index is 12.1. The molecule has 1 amide bonds. The molecule has 1 unspecified atom stereocenters. The van der Waals surface area contributed by atoms with Crippen LogP contribution in [0.5, 0.6) is 0 Å². The zero-order valence-corrected chi connectivity index (χ0v) is 16.5. The molecular weight excluding hydrogens is 378 g/mol. The minimum Gasteiger partial charge on any atom is -0.465 e. The molecule has 2 saturated carbocycles.